The Labute approximate surface area is 172 Å². The van der Waals surface area contributed by atoms with Crippen molar-refractivity contribution in [2.75, 3.05) is 46.5 Å². The molecular weight excluding hydrogens is 403 g/mol. The number of ether oxygens (including phenoxy) is 2. The minimum absolute atomic E-state index is 0.130. The predicted molar refractivity (Wildman–Crippen MR) is 101 cm³/mol. The Hall–Kier alpha value is -2.59. The lowest BCUT2D eigenvalue weighted by Gasteiger charge is -2.37. The van der Waals surface area contributed by atoms with E-state index >= 15 is 0 Å². The molecule has 2 heterocycles. The van der Waals surface area contributed by atoms with Crippen LogP contribution in [0.2, 0.25) is 0 Å². The number of nitrogens with one attached hydrogen (secondary N) is 1. The Bertz CT molecular complexity index is 818. The Morgan fingerprint density at radius 1 is 1.23 bits per heavy atom. The molecule has 3 rings (SSSR count). The van der Waals surface area contributed by atoms with Crippen molar-refractivity contribution in [3.8, 4) is 0 Å². The normalized spacial score (nSPS) is 20.9. The Balaban J connectivity index is 2.02. The van der Waals surface area contributed by atoms with Crippen molar-refractivity contribution in [1.29, 1.82) is 0 Å². The van der Waals surface area contributed by atoms with Crippen molar-refractivity contribution < 1.29 is 32.2 Å². The first-order valence-electron chi connectivity index (χ1n) is 9.64. The number of rotatable bonds is 5. The molecule has 0 bridgehead atoms. The molecule has 1 fully saturated rings. The van der Waals surface area contributed by atoms with Crippen LogP contribution in [0.3, 0.4) is 0 Å². The number of likely N-dealkylation sites (N-methyl/N-ethyl adjacent to an activating group) is 1. The minimum atomic E-state index is -4.48. The van der Waals surface area contributed by atoms with Crippen molar-refractivity contribution >= 4 is 12.0 Å². The van der Waals surface area contributed by atoms with E-state index in [1.54, 1.807) is 14.0 Å². The summed E-state index contributed by atoms with van der Waals surface area (Å²) < 4.78 is 49.3. The van der Waals surface area contributed by atoms with Crippen molar-refractivity contribution in [2.24, 2.45) is 0 Å². The number of morpholine rings is 1. The molecule has 0 saturated carbocycles. The van der Waals surface area contributed by atoms with Gasteiger partial charge in [-0.25, -0.2) is 9.59 Å². The fraction of sp³-hybridized carbons (Fsp3) is 0.500. The van der Waals surface area contributed by atoms with E-state index in [9.17, 15) is 22.8 Å². The fourth-order valence-corrected chi connectivity index (χ4v) is 3.48. The summed E-state index contributed by atoms with van der Waals surface area (Å²) in [7, 11) is 1.55. The van der Waals surface area contributed by atoms with Gasteiger partial charge in [0.15, 0.2) is 0 Å². The van der Waals surface area contributed by atoms with Crippen molar-refractivity contribution in [1.82, 2.24) is 15.1 Å². The predicted octanol–water partition coefficient (Wildman–Crippen LogP) is 2.55. The van der Waals surface area contributed by atoms with Crippen LogP contribution in [0.25, 0.3) is 0 Å². The maximum absolute atomic E-state index is 12.9. The van der Waals surface area contributed by atoms with E-state index < -0.39 is 29.8 Å². The third-order valence-corrected chi connectivity index (χ3v) is 5.12. The van der Waals surface area contributed by atoms with Gasteiger partial charge in [-0.15, -0.1) is 0 Å². The second kappa shape index (κ2) is 9.05. The maximum Gasteiger partial charge on any atom is 0.416 e. The van der Waals surface area contributed by atoms with E-state index in [0.717, 1.165) is 12.1 Å². The number of halogens is 3. The van der Waals surface area contributed by atoms with Crippen LogP contribution in [0.15, 0.2) is 35.5 Å². The number of nitrogens with zero attached hydrogens (tertiary/aromatic N) is 2. The smallest absolute Gasteiger partial charge is 0.416 e. The second-order valence-corrected chi connectivity index (χ2v) is 7.03. The van der Waals surface area contributed by atoms with Crippen molar-refractivity contribution in [3.63, 3.8) is 0 Å². The molecule has 2 aliphatic heterocycles. The lowest BCUT2D eigenvalue weighted by molar-refractivity contribution is -0.139. The zero-order valence-corrected chi connectivity index (χ0v) is 16.8. The van der Waals surface area contributed by atoms with E-state index in [0.29, 0.717) is 44.1 Å². The number of amides is 2. The van der Waals surface area contributed by atoms with Gasteiger partial charge in [0.25, 0.3) is 0 Å². The van der Waals surface area contributed by atoms with Gasteiger partial charge in [0.2, 0.25) is 0 Å². The van der Waals surface area contributed by atoms with Crippen LogP contribution in [0.1, 0.15) is 24.1 Å². The van der Waals surface area contributed by atoms with Gasteiger partial charge in [0.1, 0.15) is 0 Å². The molecule has 2 aliphatic rings. The summed E-state index contributed by atoms with van der Waals surface area (Å²) >= 11 is 0. The van der Waals surface area contributed by atoms with Crippen LogP contribution < -0.4 is 5.32 Å². The van der Waals surface area contributed by atoms with Crippen LogP contribution in [-0.2, 0) is 20.4 Å². The third kappa shape index (κ3) is 4.76. The first-order chi connectivity index (χ1) is 14.2. The monoisotopic (exact) mass is 427 g/mol. The molecule has 0 spiro atoms. The number of benzene rings is 1. The van der Waals surface area contributed by atoms with Crippen molar-refractivity contribution in [2.45, 2.75) is 19.1 Å². The van der Waals surface area contributed by atoms with Crippen LogP contribution in [0.4, 0.5) is 18.0 Å². The van der Waals surface area contributed by atoms with E-state index in [2.05, 4.69) is 10.2 Å². The molecule has 164 valence electrons. The van der Waals surface area contributed by atoms with Gasteiger partial charge < -0.3 is 14.8 Å². The summed E-state index contributed by atoms with van der Waals surface area (Å²) in [6.07, 6.45) is -4.48. The second-order valence-electron chi connectivity index (χ2n) is 7.03. The largest absolute Gasteiger partial charge is 0.463 e. The standard InChI is InChI=1S/C20H24F3N3O4/c1-3-30-18(27)16-15(12-26-8-10-29-11-9-26)25(2)19(28)24-17(16)13-4-6-14(7-5-13)20(21,22)23/h4-7,17H,3,8-12H2,1-2H3,(H,24,28). The van der Waals surface area contributed by atoms with Gasteiger partial charge >= 0.3 is 18.2 Å². The number of urea groups is 1. The van der Waals surface area contributed by atoms with E-state index in [4.69, 9.17) is 9.47 Å². The Morgan fingerprint density at radius 3 is 2.43 bits per heavy atom. The zero-order chi connectivity index (χ0) is 21.9. The Morgan fingerprint density at radius 2 is 1.87 bits per heavy atom. The SMILES string of the molecule is CCOC(=O)C1=C(CN2CCOCC2)N(C)C(=O)NC1c1ccc(C(F)(F)F)cc1. The molecule has 2 amide bonds. The third-order valence-electron chi connectivity index (χ3n) is 5.12. The number of hydrogen-bond acceptors (Lipinski definition) is 5. The van der Waals surface area contributed by atoms with Gasteiger partial charge in [0.05, 0.1) is 37.0 Å². The highest BCUT2D eigenvalue weighted by molar-refractivity contribution is 5.95. The van der Waals surface area contributed by atoms with Crippen LogP contribution in [0.5, 0.6) is 0 Å². The summed E-state index contributed by atoms with van der Waals surface area (Å²) in [5.41, 5.74) is 0.238. The van der Waals surface area contributed by atoms with Gasteiger partial charge in [-0.2, -0.15) is 13.2 Å². The van der Waals surface area contributed by atoms with Crippen LogP contribution in [0, 0.1) is 0 Å². The molecule has 0 aromatic heterocycles. The molecule has 0 radical (unpaired) electrons. The molecule has 1 saturated heterocycles. The molecule has 1 aromatic carbocycles. The average Bonchev–Trinajstić information content (AvgIpc) is 2.71. The van der Waals surface area contributed by atoms with Crippen LogP contribution in [-0.4, -0.2) is 68.3 Å². The molecule has 1 aromatic rings. The highest BCUT2D eigenvalue weighted by atomic mass is 19.4. The minimum Gasteiger partial charge on any atom is -0.463 e. The van der Waals surface area contributed by atoms with Gasteiger partial charge in [-0.3, -0.25) is 9.80 Å². The van der Waals surface area contributed by atoms with E-state index in [1.807, 2.05) is 0 Å². The average molecular weight is 427 g/mol. The van der Waals surface area contributed by atoms with E-state index in [1.165, 1.54) is 17.0 Å². The number of hydrogen-bond donors (Lipinski definition) is 1. The lowest BCUT2D eigenvalue weighted by Crippen LogP contribution is -2.50. The molecule has 7 nitrogen and oxygen atoms in total. The molecule has 1 atom stereocenters. The fourth-order valence-electron chi connectivity index (χ4n) is 3.48. The Kier molecular flexibility index (Phi) is 6.67. The molecule has 10 heteroatoms. The summed E-state index contributed by atoms with van der Waals surface area (Å²) in [4.78, 5) is 28.8. The summed E-state index contributed by atoms with van der Waals surface area (Å²) in [5.74, 6) is -0.613. The zero-order valence-electron chi connectivity index (χ0n) is 16.8. The van der Waals surface area contributed by atoms with Crippen molar-refractivity contribution in [3.05, 3.63) is 46.7 Å². The van der Waals surface area contributed by atoms with Gasteiger partial charge in [-0.05, 0) is 24.6 Å². The highest BCUT2D eigenvalue weighted by Gasteiger charge is 2.38. The first-order valence-corrected chi connectivity index (χ1v) is 9.64. The number of alkyl halides is 3. The van der Waals surface area contributed by atoms with Crippen LogP contribution >= 0.6 is 0 Å². The number of carbonyl (C=O) groups excluding carboxylic acids is 2. The maximum atomic E-state index is 12.9. The summed E-state index contributed by atoms with van der Waals surface area (Å²) in [5, 5.41) is 2.70. The molecule has 30 heavy (non-hydrogen) atoms. The highest BCUT2D eigenvalue weighted by Crippen LogP contribution is 2.34. The molecular formula is C20H24F3N3O4. The van der Waals surface area contributed by atoms with Gasteiger partial charge in [0, 0.05) is 32.4 Å². The van der Waals surface area contributed by atoms with E-state index in [-0.39, 0.29) is 12.2 Å². The lowest BCUT2D eigenvalue weighted by atomic mass is 9.93. The summed E-state index contributed by atoms with van der Waals surface area (Å²) in [6.45, 7) is 4.47. The quantitative estimate of drug-likeness (QED) is 0.732. The number of carbonyl (C=O) groups is 2. The topological polar surface area (TPSA) is 71.1 Å². The molecule has 1 unspecified atom stereocenters. The molecule has 0 aliphatic carbocycles. The molecule has 1 N–H and O–H groups in total. The summed E-state index contributed by atoms with van der Waals surface area (Å²) in [6, 6.07) is 3.05. The van der Waals surface area contributed by atoms with Gasteiger partial charge in [-0.1, -0.05) is 12.1 Å². The number of esters is 1. The first kappa shape index (κ1) is 22.1.